The molecule has 7 heteroatoms. The van der Waals surface area contributed by atoms with Gasteiger partial charge < -0.3 is 18.9 Å². The number of esters is 2. The summed E-state index contributed by atoms with van der Waals surface area (Å²) in [6.07, 6.45) is 9.83. The molecule has 0 radical (unpaired) electrons. The van der Waals surface area contributed by atoms with Crippen molar-refractivity contribution in [3.05, 3.63) is 71.3 Å². The Hall–Kier alpha value is -3.63. The minimum atomic E-state index is -0.729. The van der Waals surface area contributed by atoms with Gasteiger partial charge in [0, 0.05) is 12.0 Å². The number of carbonyl (C=O) groups excluding carboxylic acids is 2. The van der Waals surface area contributed by atoms with Gasteiger partial charge in [-0.25, -0.2) is 4.79 Å². The number of unbranched alkanes of at least 4 members (excludes halogenated alkanes) is 7. The first kappa shape index (κ1) is 31.6. The fourth-order valence-electron chi connectivity index (χ4n) is 4.08. The number of ether oxygens (including phenoxy) is 4. The molecule has 0 aliphatic carbocycles. The van der Waals surface area contributed by atoms with Gasteiger partial charge in [-0.2, -0.15) is 5.26 Å². The first-order chi connectivity index (χ1) is 19.1. The molecule has 2 aromatic rings. The lowest BCUT2D eigenvalue weighted by molar-refractivity contribution is -0.145. The summed E-state index contributed by atoms with van der Waals surface area (Å²) >= 11 is 0. The molecule has 0 saturated heterocycles. The van der Waals surface area contributed by atoms with Crippen molar-refractivity contribution in [2.24, 2.45) is 0 Å². The third-order valence-corrected chi connectivity index (χ3v) is 6.19. The number of benzene rings is 2. The highest BCUT2D eigenvalue weighted by Gasteiger charge is 2.20. The zero-order valence-electron chi connectivity index (χ0n) is 23.3. The predicted octanol–water partition coefficient (Wildman–Crippen LogP) is 6.65. The van der Waals surface area contributed by atoms with Crippen LogP contribution in [-0.2, 0) is 23.8 Å². The molecule has 2 aromatic carbocycles. The molecule has 0 atom stereocenters. The summed E-state index contributed by atoms with van der Waals surface area (Å²) in [6, 6.07) is 18.4. The first-order valence-electron chi connectivity index (χ1n) is 13.8. The second-order valence-corrected chi connectivity index (χ2v) is 9.15. The van der Waals surface area contributed by atoms with Crippen molar-refractivity contribution in [2.75, 3.05) is 33.5 Å². The summed E-state index contributed by atoms with van der Waals surface area (Å²) in [7, 11) is 1.57. The Labute approximate surface area is 232 Å². The number of carbonyl (C=O) groups is 2. The monoisotopic (exact) mass is 535 g/mol. The molecule has 0 heterocycles. The minimum absolute atomic E-state index is 0.0269. The second kappa shape index (κ2) is 19.4. The third kappa shape index (κ3) is 12.2. The Kier molecular flexibility index (Phi) is 15.7. The Morgan fingerprint density at radius 2 is 1.33 bits per heavy atom. The second-order valence-electron chi connectivity index (χ2n) is 9.15. The van der Waals surface area contributed by atoms with Crippen molar-refractivity contribution in [1.29, 1.82) is 5.26 Å². The van der Waals surface area contributed by atoms with E-state index in [1.165, 1.54) is 32.1 Å². The molecular weight excluding hydrogens is 494 g/mol. The highest BCUT2D eigenvalue weighted by Crippen LogP contribution is 2.29. The third-order valence-electron chi connectivity index (χ3n) is 6.19. The fourth-order valence-corrected chi connectivity index (χ4v) is 4.08. The topological polar surface area (TPSA) is 94.9 Å². The Morgan fingerprint density at radius 3 is 1.95 bits per heavy atom. The van der Waals surface area contributed by atoms with Gasteiger partial charge in [0.1, 0.15) is 30.6 Å². The van der Waals surface area contributed by atoms with E-state index in [2.05, 4.69) is 6.92 Å². The average molecular weight is 536 g/mol. The van der Waals surface area contributed by atoms with E-state index in [1.54, 1.807) is 31.4 Å². The predicted molar refractivity (Wildman–Crippen MR) is 151 cm³/mol. The van der Waals surface area contributed by atoms with Crippen LogP contribution in [0.2, 0.25) is 0 Å². The maximum Gasteiger partial charge on any atom is 0.349 e. The number of nitriles is 1. The van der Waals surface area contributed by atoms with Gasteiger partial charge in [-0.15, -0.1) is 0 Å². The van der Waals surface area contributed by atoms with Crippen molar-refractivity contribution < 1.29 is 28.5 Å². The summed E-state index contributed by atoms with van der Waals surface area (Å²) in [4.78, 5) is 24.7. The zero-order valence-corrected chi connectivity index (χ0v) is 23.3. The Bertz CT molecular complexity index is 1060. The molecule has 0 aromatic heterocycles. The van der Waals surface area contributed by atoms with Crippen molar-refractivity contribution >= 4 is 17.5 Å². The summed E-state index contributed by atoms with van der Waals surface area (Å²) < 4.78 is 21.2. The lowest BCUT2D eigenvalue weighted by atomic mass is 9.93. The van der Waals surface area contributed by atoms with E-state index in [-0.39, 0.29) is 38.0 Å². The van der Waals surface area contributed by atoms with E-state index < -0.39 is 5.97 Å². The van der Waals surface area contributed by atoms with Crippen molar-refractivity contribution in [3.8, 4) is 11.8 Å². The number of hydrogen-bond donors (Lipinski definition) is 0. The van der Waals surface area contributed by atoms with E-state index >= 15 is 0 Å². The van der Waals surface area contributed by atoms with Crippen molar-refractivity contribution in [1.82, 2.24) is 0 Å². The maximum absolute atomic E-state index is 12.8. The van der Waals surface area contributed by atoms with E-state index in [4.69, 9.17) is 18.9 Å². The minimum Gasteiger partial charge on any atom is -0.497 e. The van der Waals surface area contributed by atoms with Crippen LogP contribution in [0.1, 0.15) is 75.8 Å². The molecule has 2 rings (SSSR count). The van der Waals surface area contributed by atoms with Gasteiger partial charge in [-0.05, 0) is 29.7 Å². The van der Waals surface area contributed by atoms with Gasteiger partial charge >= 0.3 is 11.9 Å². The molecule has 0 spiro atoms. The molecule has 7 nitrogen and oxygen atoms in total. The highest BCUT2D eigenvalue weighted by atomic mass is 16.6. The summed E-state index contributed by atoms with van der Waals surface area (Å²) in [6.45, 7) is 2.68. The normalized spacial score (nSPS) is 11.3. The van der Waals surface area contributed by atoms with Crippen LogP contribution in [0.5, 0.6) is 5.75 Å². The van der Waals surface area contributed by atoms with E-state index in [1.807, 2.05) is 36.4 Å². The Morgan fingerprint density at radius 1 is 0.744 bits per heavy atom. The lowest BCUT2D eigenvalue weighted by Gasteiger charge is -2.12. The molecule has 0 unspecified atom stereocenters. The van der Waals surface area contributed by atoms with Gasteiger partial charge in [0.05, 0.1) is 20.3 Å². The largest absolute Gasteiger partial charge is 0.497 e. The van der Waals surface area contributed by atoms with Crippen molar-refractivity contribution in [3.63, 3.8) is 0 Å². The molecule has 39 heavy (non-hydrogen) atoms. The maximum atomic E-state index is 12.8. The fraction of sp³-hybridized carbons (Fsp3) is 0.469. The van der Waals surface area contributed by atoms with Gasteiger partial charge in [0.25, 0.3) is 0 Å². The summed E-state index contributed by atoms with van der Waals surface area (Å²) in [5.41, 5.74) is 1.80. The van der Waals surface area contributed by atoms with Gasteiger partial charge in [-0.1, -0.05) is 94.3 Å². The molecule has 0 saturated carbocycles. The van der Waals surface area contributed by atoms with Crippen LogP contribution in [0.4, 0.5) is 0 Å². The zero-order chi connectivity index (χ0) is 28.1. The molecule has 0 N–H and O–H groups in total. The van der Waals surface area contributed by atoms with Crippen LogP contribution < -0.4 is 4.74 Å². The van der Waals surface area contributed by atoms with Crippen LogP contribution in [0, 0.1) is 11.3 Å². The molecule has 0 fully saturated rings. The molecule has 0 bridgehead atoms. The Balaban J connectivity index is 1.74. The SMILES string of the molecule is CCCCCCCCCCC(=O)OCCOCCOC(=O)/C(C#N)=C(\c1ccccc1)c1ccc(OC)cc1. The molecular formula is C32H41NO6. The van der Waals surface area contributed by atoms with Crippen LogP contribution >= 0.6 is 0 Å². The van der Waals surface area contributed by atoms with Crippen molar-refractivity contribution in [2.45, 2.75) is 64.7 Å². The van der Waals surface area contributed by atoms with Crippen LogP contribution in [0.3, 0.4) is 0 Å². The molecule has 0 aliphatic rings. The molecule has 0 amide bonds. The summed E-state index contributed by atoms with van der Waals surface area (Å²) in [5, 5.41) is 9.84. The first-order valence-corrected chi connectivity index (χ1v) is 13.8. The number of rotatable bonds is 19. The van der Waals surface area contributed by atoms with Gasteiger partial charge in [0.15, 0.2) is 0 Å². The van der Waals surface area contributed by atoms with Crippen LogP contribution in [0.15, 0.2) is 60.2 Å². The molecule has 210 valence electrons. The average Bonchev–Trinajstić information content (AvgIpc) is 2.97. The number of nitrogens with zero attached hydrogens (tertiary/aromatic N) is 1. The van der Waals surface area contributed by atoms with E-state index in [0.29, 0.717) is 23.3 Å². The van der Waals surface area contributed by atoms with Crippen LogP contribution in [-0.4, -0.2) is 45.5 Å². The quantitative estimate of drug-likeness (QED) is 0.0859. The summed E-state index contributed by atoms with van der Waals surface area (Å²) in [5.74, 6) is -0.275. The standard InChI is InChI=1S/C32H41NO6/c1-3-4-5-6-7-8-9-13-16-30(34)38-23-21-37-22-24-39-32(35)29(25-33)31(26-14-11-10-12-15-26)27-17-19-28(36-2)20-18-27/h10-12,14-15,17-20H,3-9,13,16,21-24H2,1-2H3/b31-29+. The van der Waals surface area contributed by atoms with Crippen LogP contribution in [0.25, 0.3) is 5.57 Å². The number of hydrogen-bond acceptors (Lipinski definition) is 7. The number of methoxy groups -OCH3 is 1. The van der Waals surface area contributed by atoms with Gasteiger partial charge in [-0.3, -0.25) is 4.79 Å². The smallest absolute Gasteiger partial charge is 0.349 e. The lowest BCUT2D eigenvalue weighted by Crippen LogP contribution is -2.16. The molecule has 0 aliphatic heterocycles. The van der Waals surface area contributed by atoms with Gasteiger partial charge in [0.2, 0.25) is 0 Å². The highest BCUT2D eigenvalue weighted by molar-refractivity contribution is 6.05. The van der Waals surface area contributed by atoms with E-state index in [0.717, 1.165) is 24.8 Å². The van der Waals surface area contributed by atoms with E-state index in [9.17, 15) is 14.9 Å².